The van der Waals surface area contributed by atoms with Gasteiger partial charge in [-0.1, -0.05) is 17.7 Å². The van der Waals surface area contributed by atoms with Crippen molar-refractivity contribution in [1.29, 1.82) is 0 Å². The quantitative estimate of drug-likeness (QED) is 0.878. The van der Waals surface area contributed by atoms with Crippen molar-refractivity contribution < 1.29 is 13.5 Å². The van der Waals surface area contributed by atoms with Gasteiger partial charge >= 0.3 is 0 Å². The SMILES string of the molecule is O=S(=O)(NC1CC(O)C1)c1c(Cl)nc2ccccn12. The Morgan fingerprint density at radius 1 is 1.42 bits per heavy atom. The third-order valence-corrected chi connectivity index (χ3v) is 5.05. The van der Waals surface area contributed by atoms with E-state index in [1.54, 1.807) is 24.4 Å². The number of sulfonamides is 1. The van der Waals surface area contributed by atoms with E-state index in [2.05, 4.69) is 9.71 Å². The first kappa shape index (κ1) is 12.9. The average Bonchev–Trinajstić information content (AvgIpc) is 2.63. The molecule has 1 saturated carbocycles. The first-order valence-electron chi connectivity index (χ1n) is 5.80. The highest BCUT2D eigenvalue weighted by atomic mass is 35.5. The predicted octanol–water partition coefficient (Wildman–Crippen LogP) is 0.789. The Kier molecular flexibility index (Phi) is 3.01. The molecule has 102 valence electrons. The van der Waals surface area contributed by atoms with Crippen LogP contribution in [0.1, 0.15) is 12.8 Å². The number of aliphatic hydroxyl groups excluding tert-OH is 1. The summed E-state index contributed by atoms with van der Waals surface area (Å²) in [6.07, 6.45) is 2.02. The van der Waals surface area contributed by atoms with E-state index < -0.39 is 16.1 Å². The van der Waals surface area contributed by atoms with Crippen LogP contribution >= 0.6 is 11.6 Å². The summed E-state index contributed by atoms with van der Waals surface area (Å²) in [5, 5.41) is 9.07. The van der Waals surface area contributed by atoms with Gasteiger partial charge in [0.2, 0.25) is 0 Å². The lowest BCUT2D eigenvalue weighted by Crippen LogP contribution is -2.46. The lowest BCUT2D eigenvalue weighted by atomic mass is 9.91. The number of aliphatic hydroxyl groups is 1. The van der Waals surface area contributed by atoms with Crippen LogP contribution in [0.4, 0.5) is 0 Å². The van der Waals surface area contributed by atoms with Crippen LogP contribution in [0.15, 0.2) is 29.4 Å². The van der Waals surface area contributed by atoms with Crippen molar-refractivity contribution in [2.45, 2.75) is 30.0 Å². The van der Waals surface area contributed by atoms with Crippen LogP contribution in [-0.4, -0.2) is 35.1 Å². The first-order valence-corrected chi connectivity index (χ1v) is 7.66. The standard InChI is InChI=1S/C11H12ClN3O3S/c12-10-11(15-4-2-1-3-9(15)13-10)19(17,18)14-7-5-8(16)6-7/h1-4,7-8,14,16H,5-6H2. The minimum Gasteiger partial charge on any atom is -0.393 e. The van der Waals surface area contributed by atoms with E-state index in [0.717, 1.165) is 0 Å². The summed E-state index contributed by atoms with van der Waals surface area (Å²) in [4.78, 5) is 4.01. The summed E-state index contributed by atoms with van der Waals surface area (Å²) in [6.45, 7) is 0. The Morgan fingerprint density at radius 3 is 2.84 bits per heavy atom. The number of nitrogens with zero attached hydrogens (tertiary/aromatic N) is 2. The van der Waals surface area contributed by atoms with Gasteiger partial charge in [0, 0.05) is 12.2 Å². The molecule has 8 heteroatoms. The van der Waals surface area contributed by atoms with Gasteiger partial charge < -0.3 is 5.11 Å². The van der Waals surface area contributed by atoms with Crippen LogP contribution in [-0.2, 0) is 10.0 Å². The van der Waals surface area contributed by atoms with Gasteiger partial charge in [-0.15, -0.1) is 0 Å². The van der Waals surface area contributed by atoms with Gasteiger partial charge in [-0.3, -0.25) is 4.40 Å². The minimum absolute atomic E-state index is 0.0569. The maximum absolute atomic E-state index is 12.3. The summed E-state index contributed by atoms with van der Waals surface area (Å²) < 4.78 is 28.6. The third-order valence-electron chi connectivity index (χ3n) is 3.14. The number of pyridine rings is 1. The molecule has 1 fully saturated rings. The van der Waals surface area contributed by atoms with Gasteiger partial charge in [-0.05, 0) is 25.0 Å². The molecule has 0 radical (unpaired) electrons. The number of fused-ring (bicyclic) bond motifs is 1. The van der Waals surface area contributed by atoms with Crippen molar-refractivity contribution in [3.05, 3.63) is 29.5 Å². The fourth-order valence-corrected chi connectivity index (χ4v) is 4.05. The number of aromatic nitrogens is 2. The molecule has 1 aliphatic carbocycles. The minimum atomic E-state index is -3.75. The highest BCUT2D eigenvalue weighted by Gasteiger charge is 2.33. The second-order valence-corrected chi connectivity index (χ2v) is 6.57. The van der Waals surface area contributed by atoms with E-state index in [4.69, 9.17) is 11.6 Å². The normalized spacial score (nSPS) is 23.5. The van der Waals surface area contributed by atoms with Crippen molar-refractivity contribution in [1.82, 2.24) is 14.1 Å². The van der Waals surface area contributed by atoms with Crippen LogP contribution in [0.2, 0.25) is 5.15 Å². The number of rotatable bonds is 3. The van der Waals surface area contributed by atoms with E-state index in [0.29, 0.717) is 18.5 Å². The Balaban J connectivity index is 2.01. The fraction of sp³-hybridized carbons (Fsp3) is 0.364. The largest absolute Gasteiger partial charge is 0.393 e. The fourth-order valence-electron chi connectivity index (χ4n) is 2.14. The van der Waals surface area contributed by atoms with Gasteiger partial charge in [-0.2, -0.15) is 0 Å². The zero-order valence-corrected chi connectivity index (χ0v) is 11.4. The topological polar surface area (TPSA) is 83.7 Å². The summed E-state index contributed by atoms with van der Waals surface area (Å²) in [7, 11) is -3.75. The van der Waals surface area contributed by atoms with Gasteiger partial charge in [0.1, 0.15) is 5.65 Å². The van der Waals surface area contributed by atoms with Crippen molar-refractivity contribution in [3.63, 3.8) is 0 Å². The molecule has 0 spiro atoms. The second kappa shape index (κ2) is 4.45. The van der Waals surface area contributed by atoms with Crippen LogP contribution in [0.3, 0.4) is 0 Å². The van der Waals surface area contributed by atoms with Crippen LogP contribution < -0.4 is 4.72 Å². The zero-order valence-electron chi connectivity index (χ0n) is 9.82. The van der Waals surface area contributed by atoms with Gasteiger partial charge in [0.05, 0.1) is 6.10 Å². The van der Waals surface area contributed by atoms with E-state index in [1.807, 2.05) is 0 Å². The summed E-state index contributed by atoms with van der Waals surface area (Å²) in [5.41, 5.74) is 0.474. The Hall–Kier alpha value is -1.15. The van der Waals surface area contributed by atoms with Crippen molar-refractivity contribution in [2.24, 2.45) is 0 Å². The number of imidazole rings is 1. The maximum Gasteiger partial charge on any atom is 0.260 e. The number of nitrogens with one attached hydrogen (secondary N) is 1. The molecule has 0 unspecified atom stereocenters. The first-order chi connectivity index (χ1) is 8.97. The van der Waals surface area contributed by atoms with E-state index >= 15 is 0 Å². The molecule has 0 saturated heterocycles. The number of hydrogen-bond acceptors (Lipinski definition) is 4. The van der Waals surface area contributed by atoms with E-state index in [-0.39, 0.29) is 16.2 Å². The Bertz CT molecular complexity index is 722. The second-order valence-electron chi connectivity index (χ2n) is 4.58. The number of halogens is 1. The monoisotopic (exact) mass is 301 g/mol. The van der Waals surface area contributed by atoms with Crippen molar-refractivity contribution >= 4 is 27.3 Å². The van der Waals surface area contributed by atoms with Gasteiger partial charge in [0.25, 0.3) is 10.0 Å². The van der Waals surface area contributed by atoms with Crippen molar-refractivity contribution in [2.75, 3.05) is 0 Å². The molecule has 0 amide bonds. The molecule has 1 aliphatic rings. The molecule has 0 aliphatic heterocycles. The lowest BCUT2D eigenvalue weighted by Gasteiger charge is -2.31. The Morgan fingerprint density at radius 2 is 2.16 bits per heavy atom. The molecule has 19 heavy (non-hydrogen) atoms. The highest BCUT2D eigenvalue weighted by Crippen LogP contribution is 2.26. The highest BCUT2D eigenvalue weighted by molar-refractivity contribution is 7.89. The van der Waals surface area contributed by atoms with E-state index in [1.165, 1.54) is 4.40 Å². The summed E-state index contributed by atoms with van der Waals surface area (Å²) in [5.74, 6) is 0. The molecule has 2 aromatic heterocycles. The maximum atomic E-state index is 12.3. The lowest BCUT2D eigenvalue weighted by molar-refractivity contribution is 0.0711. The molecule has 0 aromatic carbocycles. The smallest absolute Gasteiger partial charge is 0.260 e. The molecule has 6 nitrogen and oxygen atoms in total. The van der Waals surface area contributed by atoms with Crippen LogP contribution in [0, 0.1) is 0 Å². The number of hydrogen-bond donors (Lipinski definition) is 2. The average molecular weight is 302 g/mol. The van der Waals surface area contributed by atoms with Crippen molar-refractivity contribution in [3.8, 4) is 0 Å². The zero-order chi connectivity index (χ0) is 13.6. The van der Waals surface area contributed by atoms with Crippen LogP contribution in [0.25, 0.3) is 5.65 Å². The third kappa shape index (κ3) is 2.23. The molecule has 0 bridgehead atoms. The molecule has 0 atom stereocenters. The molecule has 2 N–H and O–H groups in total. The van der Waals surface area contributed by atoms with Gasteiger partial charge in [-0.25, -0.2) is 18.1 Å². The predicted molar refractivity (Wildman–Crippen MR) is 69.6 cm³/mol. The van der Waals surface area contributed by atoms with Gasteiger partial charge in [0.15, 0.2) is 10.2 Å². The summed E-state index contributed by atoms with van der Waals surface area (Å²) >= 11 is 5.92. The molecule has 2 heterocycles. The molecule has 2 aromatic rings. The Labute approximate surface area is 115 Å². The molecular formula is C11H12ClN3O3S. The molecular weight excluding hydrogens is 290 g/mol. The molecule has 3 rings (SSSR count). The summed E-state index contributed by atoms with van der Waals surface area (Å²) in [6, 6.07) is 4.89. The van der Waals surface area contributed by atoms with E-state index in [9.17, 15) is 13.5 Å². The van der Waals surface area contributed by atoms with Crippen LogP contribution in [0.5, 0.6) is 0 Å².